The molecule has 12 heteroatoms. The SMILES string of the molecule is COc1cc(CCCS(=O)(=O)O)ccc1O[C@@H](Cc1cccc(OC)c1O)CS(=O)(=O)O. The Bertz CT molecular complexity index is 1130. The smallest absolute Gasteiger partial charge is 0.268 e. The van der Waals surface area contributed by atoms with Crippen molar-refractivity contribution >= 4 is 20.2 Å². The molecule has 0 aliphatic heterocycles. The zero-order valence-corrected chi connectivity index (χ0v) is 19.2. The Morgan fingerprint density at radius 3 is 2.19 bits per heavy atom. The van der Waals surface area contributed by atoms with Gasteiger partial charge < -0.3 is 19.3 Å². The van der Waals surface area contributed by atoms with Crippen LogP contribution in [0.25, 0.3) is 0 Å². The first kappa shape index (κ1) is 25.7. The predicted octanol–water partition coefficient (Wildman–Crippen LogP) is 2.11. The van der Waals surface area contributed by atoms with Crippen molar-refractivity contribution in [3.8, 4) is 23.0 Å². The Morgan fingerprint density at radius 2 is 1.59 bits per heavy atom. The topological polar surface area (TPSA) is 157 Å². The summed E-state index contributed by atoms with van der Waals surface area (Å²) >= 11 is 0. The van der Waals surface area contributed by atoms with Gasteiger partial charge in [-0.1, -0.05) is 18.2 Å². The highest BCUT2D eigenvalue weighted by Crippen LogP contribution is 2.33. The van der Waals surface area contributed by atoms with E-state index in [1.165, 1.54) is 20.3 Å². The van der Waals surface area contributed by atoms with E-state index in [0.29, 0.717) is 12.0 Å². The van der Waals surface area contributed by atoms with E-state index in [4.69, 9.17) is 18.8 Å². The second-order valence-corrected chi connectivity index (χ2v) is 10.1. The summed E-state index contributed by atoms with van der Waals surface area (Å²) in [4.78, 5) is 0. The summed E-state index contributed by atoms with van der Waals surface area (Å²) in [7, 11) is -5.69. The number of phenolic OH excluding ortho intramolecular Hbond substituents is 1. The molecule has 0 saturated heterocycles. The van der Waals surface area contributed by atoms with Crippen LogP contribution < -0.4 is 14.2 Å². The molecule has 0 saturated carbocycles. The summed E-state index contributed by atoms with van der Waals surface area (Å²) in [5, 5.41) is 10.3. The molecule has 1 atom stereocenters. The Kier molecular flexibility index (Phi) is 8.73. The summed E-state index contributed by atoms with van der Waals surface area (Å²) < 4.78 is 79.1. The van der Waals surface area contributed by atoms with Crippen LogP contribution in [-0.4, -0.2) is 62.9 Å². The molecule has 0 spiro atoms. The molecule has 32 heavy (non-hydrogen) atoms. The number of hydrogen-bond donors (Lipinski definition) is 3. The highest BCUT2D eigenvalue weighted by Gasteiger charge is 2.23. The van der Waals surface area contributed by atoms with E-state index in [2.05, 4.69) is 0 Å². The third-order valence-corrected chi connectivity index (χ3v) is 6.13. The fourth-order valence-electron chi connectivity index (χ4n) is 3.12. The van der Waals surface area contributed by atoms with Crippen LogP contribution in [-0.2, 0) is 33.1 Å². The number of methoxy groups -OCH3 is 2. The molecule has 10 nitrogen and oxygen atoms in total. The Morgan fingerprint density at radius 1 is 0.906 bits per heavy atom. The number of benzene rings is 2. The maximum atomic E-state index is 11.5. The molecular weight excluding hydrogens is 464 g/mol. The van der Waals surface area contributed by atoms with Gasteiger partial charge in [0.15, 0.2) is 23.0 Å². The maximum absolute atomic E-state index is 11.5. The number of aryl methyl sites for hydroxylation is 1. The van der Waals surface area contributed by atoms with Gasteiger partial charge in [0.25, 0.3) is 20.2 Å². The highest BCUT2D eigenvalue weighted by molar-refractivity contribution is 7.86. The summed E-state index contributed by atoms with van der Waals surface area (Å²) in [6.45, 7) is 0. The molecule has 2 rings (SSSR count). The molecule has 178 valence electrons. The summed E-state index contributed by atoms with van der Waals surface area (Å²) in [5.74, 6) is -0.608. The van der Waals surface area contributed by atoms with Gasteiger partial charge in [0.2, 0.25) is 0 Å². The number of para-hydroxylation sites is 1. The minimum absolute atomic E-state index is 0.0535. The van der Waals surface area contributed by atoms with E-state index < -0.39 is 32.1 Å². The quantitative estimate of drug-likeness (QED) is 0.376. The summed E-state index contributed by atoms with van der Waals surface area (Å²) in [6.07, 6.45) is -0.574. The van der Waals surface area contributed by atoms with E-state index in [1.54, 1.807) is 30.3 Å². The van der Waals surface area contributed by atoms with Crippen molar-refractivity contribution in [1.29, 1.82) is 0 Å². The Labute approximate surface area is 187 Å². The van der Waals surface area contributed by atoms with Crippen LogP contribution in [0.3, 0.4) is 0 Å². The van der Waals surface area contributed by atoms with Gasteiger partial charge in [0.1, 0.15) is 11.9 Å². The molecule has 0 unspecified atom stereocenters. The molecule has 0 aromatic heterocycles. The minimum atomic E-state index is -4.41. The van der Waals surface area contributed by atoms with Crippen LogP contribution in [0.5, 0.6) is 23.0 Å². The molecule has 0 radical (unpaired) electrons. The Hall–Kier alpha value is -2.54. The van der Waals surface area contributed by atoms with Crippen LogP contribution in [0.15, 0.2) is 36.4 Å². The molecule has 0 heterocycles. The van der Waals surface area contributed by atoms with Gasteiger partial charge in [-0.15, -0.1) is 0 Å². The normalized spacial score (nSPS) is 12.9. The highest BCUT2D eigenvalue weighted by atomic mass is 32.2. The van der Waals surface area contributed by atoms with Crippen molar-refractivity contribution in [2.45, 2.75) is 25.4 Å². The van der Waals surface area contributed by atoms with Crippen LogP contribution >= 0.6 is 0 Å². The molecule has 0 amide bonds. The fraction of sp³-hybridized carbons (Fsp3) is 0.400. The van der Waals surface area contributed by atoms with Gasteiger partial charge in [-0.3, -0.25) is 9.11 Å². The zero-order valence-electron chi connectivity index (χ0n) is 17.6. The van der Waals surface area contributed by atoms with Crippen molar-refractivity contribution in [3.05, 3.63) is 47.5 Å². The van der Waals surface area contributed by atoms with Crippen molar-refractivity contribution < 1.29 is 45.3 Å². The lowest BCUT2D eigenvalue weighted by Gasteiger charge is -2.21. The third-order valence-electron chi connectivity index (χ3n) is 4.54. The Balaban J connectivity index is 2.25. The third kappa shape index (κ3) is 8.19. The first-order valence-electron chi connectivity index (χ1n) is 9.50. The van der Waals surface area contributed by atoms with Gasteiger partial charge in [-0.05, 0) is 36.6 Å². The average Bonchev–Trinajstić information content (AvgIpc) is 2.68. The summed E-state index contributed by atoms with van der Waals surface area (Å²) in [6, 6.07) is 9.53. The van der Waals surface area contributed by atoms with E-state index in [9.17, 15) is 26.5 Å². The lowest BCUT2D eigenvalue weighted by molar-refractivity contribution is 0.210. The molecule has 2 aromatic carbocycles. The first-order chi connectivity index (χ1) is 14.9. The molecule has 0 aliphatic rings. The van der Waals surface area contributed by atoms with Crippen molar-refractivity contribution in [2.75, 3.05) is 25.7 Å². The number of phenols is 1. The average molecular weight is 491 g/mol. The van der Waals surface area contributed by atoms with Gasteiger partial charge in [0, 0.05) is 12.0 Å². The van der Waals surface area contributed by atoms with Crippen LogP contribution in [0.2, 0.25) is 0 Å². The molecule has 2 aromatic rings. The number of hydrogen-bond acceptors (Lipinski definition) is 8. The van der Waals surface area contributed by atoms with Crippen molar-refractivity contribution in [3.63, 3.8) is 0 Å². The molecule has 0 aliphatic carbocycles. The van der Waals surface area contributed by atoms with E-state index in [1.807, 2.05) is 0 Å². The predicted molar refractivity (Wildman–Crippen MR) is 117 cm³/mol. The van der Waals surface area contributed by atoms with Crippen molar-refractivity contribution in [1.82, 2.24) is 0 Å². The lowest BCUT2D eigenvalue weighted by Crippen LogP contribution is -2.29. The van der Waals surface area contributed by atoms with Crippen LogP contribution in [0.4, 0.5) is 0 Å². The first-order valence-corrected chi connectivity index (χ1v) is 12.7. The van der Waals surface area contributed by atoms with Crippen LogP contribution in [0.1, 0.15) is 17.5 Å². The maximum Gasteiger partial charge on any atom is 0.268 e. The molecule has 3 N–H and O–H groups in total. The van der Waals surface area contributed by atoms with E-state index in [0.717, 1.165) is 5.56 Å². The molecule has 0 bridgehead atoms. The monoisotopic (exact) mass is 490 g/mol. The van der Waals surface area contributed by atoms with Gasteiger partial charge in [-0.25, -0.2) is 0 Å². The fourth-order valence-corrected chi connectivity index (χ4v) is 4.28. The second kappa shape index (κ2) is 10.9. The summed E-state index contributed by atoms with van der Waals surface area (Å²) in [5.41, 5.74) is 1.08. The largest absolute Gasteiger partial charge is 0.504 e. The standard InChI is InChI=1S/C20H26O10S2/c1-28-18-7-3-6-15(20(18)21)12-16(13-32(25,26)27)30-17-9-8-14(11-19(17)29-2)5-4-10-31(22,23)24/h3,6-9,11,16,21H,4-5,10,12-13H2,1-2H3,(H,22,23,24)(H,25,26,27)/t16-/m0/s1. The second-order valence-electron chi connectivity index (χ2n) is 7.04. The van der Waals surface area contributed by atoms with Gasteiger partial charge >= 0.3 is 0 Å². The van der Waals surface area contributed by atoms with E-state index >= 15 is 0 Å². The number of aromatic hydroxyl groups is 1. The number of ether oxygens (including phenoxy) is 3. The molecule has 0 fully saturated rings. The van der Waals surface area contributed by atoms with Gasteiger partial charge in [-0.2, -0.15) is 16.8 Å². The zero-order chi connectivity index (χ0) is 23.9. The van der Waals surface area contributed by atoms with E-state index in [-0.39, 0.29) is 41.6 Å². The molecular formula is C20H26O10S2. The lowest BCUT2D eigenvalue weighted by atomic mass is 10.1. The van der Waals surface area contributed by atoms with Crippen molar-refractivity contribution in [2.24, 2.45) is 0 Å². The minimum Gasteiger partial charge on any atom is -0.504 e. The van der Waals surface area contributed by atoms with Crippen LogP contribution in [0, 0.1) is 0 Å². The number of rotatable bonds is 12. The van der Waals surface area contributed by atoms with Gasteiger partial charge in [0.05, 0.1) is 20.0 Å².